The first-order chi connectivity index (χ1) is 15.7. The van der Waals surface area contributed by atoms with Crippen LogP contribution in [-0.2, 0) is 17.6 Å². The van der Waals surface area contributed by atoms with Crippen LogP contribution in [0.4, 0.5) is 10.5 Å². The van der Waals surface area contributed by atoms with E-state index in [0.29, 0.717) is 18.0 Å². The quantitative estimate of drug-likeness (QED) is 0.667. The average molecular weight is 431 g/mol. The van der Waals surface area contributed by atoms with E-state index in [-0.39, 0.29) is 12.1 Å². The number of methoxy groups -OCH3 is 1. The molecule has 3 aromatic rings. The predicted octanol–water partition coefficient (Wildman–Crippen LogP) is 4.46. The van der Waals surface area contributed by atoms with Crippen LogP contribution in [0.3, 0.4) is 0 Å². The van der Waals surface area contributed by atoms with E-state index in [9.17, 15) is 4.79 Å². The highest BCUT2D eigenvalue weighted by atomic mass is 16.5. The van der Waals surface area contributed by atoms with Crippen molar-refractivity contribution in [3.05, 3.63) is 59.4 Å². The van der Waals surface area contributed by atoms with Gasteiger partial charge in [-0.25, -0.2) is 9.78 Å². The molecule has 6 rings (SSSR count). The van der Waals surface area contributed by atoms with E-state index < -0.39 is 0 Å². The number of carbonyl (C=O) groups excluding carboxylic acids is 1. The van der Waals surface area contributed by atoms with Gasteiger partial charge < -0.3 is 14.6 Å². The van der Waals surface area contributed by atoms with Crippen molar-refractivity contribution in [3.63, 3.8) is 0 Å². The Bertz CT molecular complexity index is 1150. The summed E-state index contributed by atoms with van der Waals surface area (Å²) < 4.78 is 7.64. The van der Waals surface area contributed by atoms with Crippen molar-refractivity contribution in [1.82, 2.24) is 14.9 Å². The molecule has 2 aliphatic heterocycles. The van der Waals surface area contributed by atoms with E-state index in [1.807, 2.05) is 0 Å². The highest BCUT2D eigenvalue weighted by molar-refractivity contribution is 5.95. The van der Waals surface area contributed by atoms with Crippen LogP contribution < -0.4 is 10.2 Å². The van der Waals surface area contributed by atoms with Crippen molar-refractivity contribution >= 4 is 22.8 Å². The molecule has 2 bridgehead atoms. The standard InChI is InChI=1S/C26H30N4O2/c1-16-8-10-19-21(29(16)26(31)32-2)12-13-22-24(19)28-23(14-17-6-4-3-5-7-17)30(22)25-18-9-11-20(25)27-15-18/h3-7,12-13,16,18,20,25,27H,8-11,14-15H2,1-2H3/t16-,18?,20?,25?/m0/s1. The Labute approximate surface area is 188 Å². The van der Waals surface area contributed by atoms with Gasteiger partial charge in [0.05, 0.1) is 29.9 Å². The molecule has 166 valence electrons. The van der Waals surface area contributed by atoms with Crippen LogP contribution in [0.2, 0.25) is 0 Å². The molecule has 1 aromatic heterocycles. The van der Waals surface area contributed by atoms with Crippen molar-refractivity contribution in [2.75, 3.05) is 18.6 Å². The molecule has 0 spiro atoms. The van der Waals surface area contributed by atoms with Gasteiger partial charge in [-0.1, -0.05) is 30.3 Å². The van der Waals surface area contributed by atoms with Crippen LogP contribution in [0.1, 0.15) is 49.2 Å². The van der Waals surface area contributed by atoms with Gasteiger partial charge in [-0.05, 0) is 56.2 Å². The van der Waals surface area contributed by atoms with Crippen LogP contribution >= 0.6 is 0 Å². The lowest BCUT2D eigenvalue weighted by atomic mass is 9.95. The van der Waals surface area contributed by atoms with Gasteiger partial charge in [0.2, 0.25) is 0 Å². The first-order valence-corrected chi connectivity index (χ1v) is 11.8. The second kappa shape index (κ2) is 7.62. The largest absolute Gasteiger partial charge is 0.452 e. The molecule has 3 aliphatic rings. The summed E-state index contributed by atoms with van der Waals surface area (Å²) in [5.41, 5.74) is 5.67. The third-order valence-electron chi connectivity index (χ3n) is 7.79. The van der Waals surface area contributed by atoms with Crippen LogP contribution in [0.25, 0.3) is 11.0 Å². The summed E-state index contributed by atoms with van der Waals surface area (Å²) in [6.45, 7) is 3.18. The Kier molecular flexibility index (Phi) is 4.72. The molecule has 4 atom stereocenters. The molecule has 2 fully saturated rings. The maximum Gasteiger partial charge on any atom is 0.414 e. The lowest BCUT2D eigenvalue weighted by molar-refractivity contribution is 0.175. The third kappa shape index (κ3) is 2.96. The monoisotopic (exact) mass is 430 g/mol. The number of piperidine rings is 1. The minimum atomic E-state index is -0.292. The minimum Gasteiger partial charge on any atom is -0.452 e. The van der Waals surface area contributed by atoms with Crippen molar-refractivity contribution in [1.29, 1.82) is 0 Å². The van der Waals surface area contributed by atoms with E-state index >= 15 is 0 Å². The van der Waals surface area contributed by atoms with Gasteiger partial charge in [0, 0.05) is 30.6 Å². The summed E-state index contributed by atoms with van der Waals surface area (Å²) in [7, 11) is 1.46. The number of carbonyl (C=O) groups is 1. The number of benzene rings is 2. The Morgan fingerprint density at radius 3 is 2.69 bits per heavy atom. The summed E-state index contributed by atoms with van der Waals surface area (Å²) in [5.74, 6) is 1.79. The molecule has 1 aliphatic carbocycles. The number of nitrogens with zero attached hydrogens (tertiary/aromatic N) is 3. The zero-order valence-corrected chi connectivity index (χ0v) is 18.8. The van der Waals surface area contributed by atoms with Crippen LogP contribution in [0, 0.1) is 5.92 Å². The van der Waals surface area contributed by atoms with Gasteiger partial charge in [-0.15, -0.1) is 0 Å². The second-order valence-corrected chi connectivity index (χ2v) is 9.56. The van der Waals surface area contributed by atoms with Gasteiger partial charge in [-0.3, -0.25) is 4.90 Å². The van der Waals surface area contributed by atoms with Crippen LogP contribution in [0.5, 0.6) is 0 Å². The van der Waals surface area contributed by atoms with E-state index in [4.69, 9.17) is 9.72 Å². The molecule has 0 radical (unpaired) electrons. The fourth-order valence-electron chi connectivity index (χ4n) is 6.26. The summed E-state index contributed by atoms with van der Waals surface area (Å²) >= 11 is 0. The molecule has 1 N–H and O–H groups in total. The predicted molar refractivity (Wildman–Crippen MR) is 125 cm³/mol. The fraction of sp³-hybridized carbons (Fsp3) is 0.462. The number of rotatable bonds is 3. The number of anilines is 1. The second-order valence-electron chi connectivity index (χ2n) is 9.56. The van der Waals surface area contributed by atoms with Crippen LogP contribution in [-0.4, -0.2) is 41.4 Å². The zero-order chi connectivity index (χ0) is 21.8. The lowest BCUT2D eigenvalue weighted by Gasteiger charge is -2.34. The molecule has 1 saturated carbocycles. The third-order valence-corrected chi connectivity index (χ3v) is 7.79. The van der Waals surface area contributed by atoms with Crippen molar-refractivity contribution < 1.29 is 9.53 Å². The van der Waals surface area contributed by atoms with Crippen molar-refractivity contribution in [2.45, 2.75) is 57.2 Å². The molecular weight excluding hydrogens is 400 g/mol. The number of nitrogens with one attached hydrogen (secondary N) is 1. The highest BCUT2D eigenvalue weighted by Crippen LogP contribution is 2.44. The van der Waals surface area contributed by atoms with E-state index in [1.165, 1.54) is 36.6 Å². The minimum absolute atomic E-state index is 0.119. The zero-order valence-electron chi connectivity index (χ0n) is 18.8. The Morgan fingerprint density at radius 1 is 1.16 bits per heavy atom. The lowest BCUT2D eigenvalue weighted by Crippen LogP contribution is -2.42. The van der Waals surface area contributed by atoms with Crippen molar-refractivity contribution in [2.24, 2.45) is 5.92 Å². The van der Waals surface area contributed by atoms with Gasteiger partial charge in [0.1, 0.15) is 5.82 Å². The number of aromatic nitrogens is 2. The molecule has 3 heterocycles. The van der Waals surface area contributed by atoms with E-state index in [2.05, 4.69) is 59.3 Å². The molecule has 2 aromatic carbocycles. The summed E-state index contributed by atoms with van der Waals surface area (Å²) in [5, 5.41) is 3.73. The van der Waals surface area contributed by atoms with Gasteiger partial charge in [0.15, 0.2) is 0 Å². The van der Waals surface area contributed by atoms with Crippen LogP contribution in [0.15, 0.2) is 42.5 Å². The summed E-state index contributed by atoms with van der Waals surface area (Å²) in [6, 6.07) is 16.0. The molecule has 6 heteroatoms. The summed E-state index contributed by atoms with van der Waals surface area (Å²) in [6.07, 6.45) is 4.89. The fourth-order valence-corrected chi connectivity index (χ4v) is 6.26. The molecule has 1 amide bonds. The number of aryl methyl sites for hydroxylation is 1. The Morgan fingerprint density at radius 2 is 2.00 bits per heavy atom. The molecular formula is C26H30N4O2. The molecule has 6 nitrogen and oxygen atoms in total. The first kappa shape index (κ1) is 19.8. The van der Waals surface area contributed by atoms with E-state index in [1.54, 1.807) is 4.90 Å². The molecule has 3 unspecified atom stereocenters. The summed E-state index contributed by atoms with van der Waals surface area (Å²) in [4.78, 5) is 19.6. The number of hydrogen-bond donors (Lipinski definition) is 1. The number of imidazole rings is 1. The Hall–Kier alpha value is -2.86. The number of amides is 1. The SMILES string of the molecule is COC(=O)N1c2ccc3c(nc(Cc4ccccc4)n3C3C4CCC3NC4)c2CC[C@@H]1C. The maximum atomic E-state index is 12.6. The van der Waals surface area contributed by atoms with Gasteiger partial charge in [0.25, 0.3) is 0 Å². The normalized spacial score (nSPS) is 26.5. The van der Waals surface area contributed by atoms with Gasteiger partial charge in [-0.2, -0.15) is 0 Å². The van der Waals surface area contributed by atoms with Crippen molar-refractivity contribution in [3.8, 4) is 0 Å². The van der Waals surface area contributed by atoms with Gasteiger partial charge >= 0.3 is 6.09 Å². The number of fused-ring (bicyclic) bond motifs is 5. The first-order valence-electron chi connectivity index (χ1n) is 11.8. The average Bonchev–Trinajstić information content (AvgIpc) is 3.50. The molecule has 32 heavy (non-hydrogen) atoms. The maximum absolute atomic E-state index is 12.6. The van der Waals surface area contributed by atoms with E-state index in [0.717, 1.165) is 42.8 Å². The number of ether oxygens (including phenoxy) is 1. The topological polar surface area (TPSA) is 59.4 Å². The number of hydrogen-bond acceptors (Lipinski definition) is 4. The Balaban J connectivity index is 1.53. The molecule has 1 saturated heterocycles. The smallest absolute Gasteiger partial charge is 0.414 e. The highest BCUT2D eigenvalue weighted by Gasteiger charge is 2.44.